The Labute approximate surface area is 189 Å². The third-order valence-electron chi connectivity index (χ3n) is 5.15. The Morgan fingerprint density at radius 3 is 2.34 bits per heavy atom. The molecule has 0 unspecified atom stereocenters. The first-order chi connectivity index (χ1) is 14.8. The maximum absolute atomic E-state index is 13.1. The number of carbonyl (C=O) groups excluding carboxylic acids is 1. The lowest BCUT2D eigenvalue weighted by atomic mass is 10.0. The molecule has 1 aliphatic heterocycles. The predicted octanol–water partition coefficient (Wildman–Crippen LogP) is 6.62. The molecule has 2 heterocycles. The molecule has 1 aromatic heterocycles. The summed E-state index contributed by atoms with van der Waals surface area (Å²) < 4.78 is 70.2. The monoisotopic (exact) mass is 480 g/mol. The van der Waals surface area contributed by atoms with Crippen LogP contribution >= 0.6 is 11.3 Å². The minimum absolute atomic E-state index is 0.162. The number of nitrogens with zero attached hydrogens (tertiary/aromatic N) is 2. The first kappa shape index (κ1) is 26.3. The maximum Gasteiger partial charge on any atom is 0.390 e. The van der Waals surface area contributed by atoms with E-state index in [4.69, 9.17) is 4.74 Å². The van der Waals surface area contributed by atoms with E-state index in [-0.39, 0.29) is 18.7 Å². The van der Waals surface area contributed by atoms with Gasteiger partial charge in [-0.1, -0.05) is 13.2 Å². The van der Waals surface area contributed by atoms with E-state index < -0.39 is 31.0 Å². The minimum Gasteiger partial charge on any atom is -0.380 e. The molecule has 1 amide bonds. The van der Waals surface area contributed by atoms with E-state index in [1.54, 1.807) is 11.8 Å². The SMILES string of the molecule is C=C(CCCC(C)(F)F)c1sc2c(c1C)C(=O)N(CCC(F)(F)F)C(=C)N2CCOCC. The predicted molar refractivity (Wildman–Crippen MR) is 117 cm³/mol. The molecule has 4 nitrogen and oxygen atoms in total. The van der Waals surface area contributed by atoms with Crippen LogP contribution in [0.3, 0.4) is 0 Å². The molecule has 2 rings (SSSR count). The zero-order valence-corrected chi connectivity index (χ0v) is 19.4. The molecule has 0 radical (unpaired) electrons. The largest absolute Gasteiger partial charge is 0.390 e. The van der Waals surface area contributed by atoms with Crippen molar-refractivity contribution in [1.29, 1.82) is 0 Å². The zero-order valence-electron chi connectivity index (χ0n) is 18.6. The van der Waals surface area contributed by atoms with Gasteiger partial charge in [0.05, 0.1) is 18.6 Å². The van der Waals surface area contributed by atoms with Gasteiger partial charge in [0.2, 0.25) is 5.92 Å². The number of fused-ring (bicyclic) bond motifs is 1. The molecule has 180 valence electrons. The van der Waals surface area contributed by atoms with Gasteiger partial charge in [0.15, 0.2) is 0 Å². The van der Waals surface area contributed by atoms with E-state index in [2.05, 4.69) is 13.2 Å². The molecule has 0 aliphatic carbocycles. The molecular weight excluding hydrogens is 451 g/mol. The van der Waals surface area contributed by atoms with Gasteiger partial charge < -0.3 is 9.64 Å². The van der Waals surface area contributed by atoms with Gasteiger partial charge in [-0.25, -0.2) is 8.78 Å². The first-order valence-electron chi connectivity index (χ1n) is 10.4. The number of anilines is 1. The van der Waals surface area contributed by atoms with Crippen LogP contribution in [0.25, 0.3) is 5.57 Å². The van der Waals surface area contributed by atoms with Gasteiger partial charge in [-0.05, 0) is 44.7 Å². The van der Waals surface area contributed by atoms with Gasteiger partial charge in [-0.15, -0.1) is 11.3 Å². The van der Waals surface area contributed by atoms with Crippen LogP contribution in [0, 0.1) is 6.92 Å². The van der Waals surface area contributed by atoms with Crippen LogP contribution in [0.5, 0.6) is 0 Å². The summed E-state index contributed by atoms with van der Waals surface area (Å²) in [7, 11) is 0. The Kier molecular flexibility index (Phi) is 8.50. The summed E-state index contributed by atoms with van der Waals surface area (Å²) in [6.07, 6.45) is -5.29. The molecule has 1 aliphatic rings. The summed E-state index contributed by atoms with van der Waals surface area (Å²) in [5.74, 6) is -3.16. The molecule has 0 atom stereocenters. The van der Waals surface area contributed by atoms with Gasteiger partial charge >= 0.3 is 6.18 Å². The minimum atomic E-state index is -4.42. The number of hydrogen-bond donors (Lipinski definition) is 0. The number of alkyl halides is 5. The van der Waals surface area contributed by atoms with E-state index in [1.165, 1.54) is 11.3 Å². The Hall–Kier alpha value is -1.94. The van der Waals surface area contributed by atoms with Crippen molar-refractivity contribution < 1.29 is 31.5 Å². The fourth-order valence-electron chi connectivity index (χ4n) is 3.52. The second-order valence-corrected chi connectivity index (χ2v) is 8.85. The van der Waals surface area contributed by atoms with Crippen LogP contribution in [-0.4, -0.2) is 49.2 Å². The maximum atomic E-state index is 13.1. The normalized spacial score (nSPS) is 14.9. The van der Waals surface area contributed by atoms with Crippen LogP contribution in [0.2, 0.25) is 0 Å². The van der Waals surface area contributed by atoms with Gasteiger partial charge in [0, 0.05) is 31.0 Å². The summed E-state index contributed by atoms with van der Waals surface area (Å²) in [5, 5.41) is 0.567. The zero-order chi connectivity index (χ0) is 24.3. The van der Waals surface area contributed by atoms with Crippen LogP contribution in [0.15, 0.2) is 19.0 Å². The van der Waals surface area contributed by atoms with Crippen LogP contribution < -0.4 is 4.90 Å². The van der Waals surface area contributed by atoms with Gasteiger partial charge in [0.25, 0.3) is 5.91 Å². The summed E-state index contributed by atoms with van der Waals surface area (Å²) in [4.78, 5) is 16.6. The highest BCUT2D eigenvalue weighted by molar-refractivity contribution is 7.18. The molecular formula is C22H29F5N2O2S. The Balaban J connectivity index is 2.35. The lowest BCUT2D eigenvalue weighted by Crippen LogP contribution is -2.45. The Bertz CT molecular complexity index is 858. The summed E-state index contributed by atoms with van der Waals surface area (Å²) >= 11 is 1.28. The fraction of sp³-hybridized carbons (Fsp3) is 0.591. The van der Waals surface area contributed by atoms with Crippen molar-refractivity contribution in [2.24, 2.45) is 0 Å². The van der Waals surface area contributed by atoms with Crippen molar-refractivity contribution in [3.05, 3.63) is 35.0 Å². The molecule has 0 spiro atoms. The molecule has 0 saturated carbocycles. The van der Waals surface area contributed by atoms with E-state index in [1.807, 2.05) is 6.92 Å². The second kappa shape index (κ2) is 10.3. The van der Waals surface area contributed by atoms with Gasteiger partial charge in [-0.2, -0.15) is 13.2 Å². The van der Waals surface area contributed by atoms with Crippen molar-refractivity contribution in [3.63, 3.8) is 0 Å². The highest BCUT2D eigenvalue weighted by atomic mass is 32.1. The summed E-state index contributed by atoms with van der Waals surface area (Å²) in [5.41, 5.74) is 1.52. The van der Waals surface area contributed by atoms with Gasteiger partial charge in [-0.3, -0.25) is 9.69 Å². The molecule has 0 aromatic carbocycles. The third kappa shape index (κ3) is 6.54. The molecule has 32 heavy (non-hydrogen) atoms. The highest BCUT2D eigenvalue weighted by Crippen LogP contribution is 2.45. The topological polar surface area (TPSA) is 32.8 Å². The highest BCUT2D eigenvalue weighted by Gasteiger charge is 2.39. The fourth-order valence-corrected chi connectivity index (χ4v) is 4.86. The molecule has 10 heteroatoms. The van der Waals surface area contributed by atoms with E-state index in [0.29, 0.717) is 52.8 Å². The number of carbonyl (C=O) groups is 1. The van der Waals surface area contributed by atoms with E-state index in [0.717, 1.165) is 11.8 Å². The first-order valence-corrected chi connectivity index (χ1v) is 11.2. The van der Waals surface area contributed by atoms with E-state index in [9.17, 15) is 26.7 Å². The summed E-state index contributed by atoms with van der Waals surface area (Å²) in [6.45, 7) is 12.8. The van der Waals surface area contributed by atoms with Crippen LogP contribution in [0.4, 0.5) is 27.0 Å². The lowest BCUT2D eigenvalue weighted by Gasteiger charge is -2.38. The molecule has 0 fully saturated rings. The molecule has 0 bridgehead atoms. The summed E-state index contributed by atoms with van der Waals surface area (Å²) in [6, 6.07) is 0. The van der Waals surface area contributed by atoms with E-state index >= 15 is 0 Å². The van der Waals surface area contributed by atoms with Crippen molar-refractivity contribution in [3.8, 4) is 0 Å². The Morgan fingerprint density at radius 2 is 1.78 bits per heavy atom. The quantitative estimate of drug-likeness (QED) is 0.264. The van der Waals surface area contributed by atoms with Gasteiger partial charge in [0.1, 0.15) is 10.8 Å². The van der Waals surface area contributed by atoms with Crippen LogP contribution in [0.1, 0.15) is 60.3 Å². The molecule has 1 aromatic rings. The number of thiophene rings is 1. The smallest absolute Gasteiger partial charge is 0.380 e. The molecule has 0 N–H and O–H groups in total. The number of rotatable bonds is 11. The average molecular weight is 481 g/mol. The number of amides is 1. The standard InChI is InChI=1S/C22H29F5N2O2S/c1-6-31-13-12-29-16(4)28(11-10-22(25,26)27)19(30)17-15(3)18(32-20(17)29)14(2)8-7-9-21(5,23)24/h2,4,6-13H2,1,3,5H3. The average Bonchev–Trinajstić information content (AvgIpc) is 3.00. The number of hydrogen-bond acceptors (Lipinski definition) is 4. The molecule has 0 saturated heterocycles. The van der Waals surface area contributed by atoms with Crippen molar-refractivity contribution >= 4 is 27.8 Å². The van der Waals surface area contributed by atoms with Crippen molar-refractivity contribution in [1.82, 2.24) is 4.90 Å². The number of allylic oxidation sites excluding steroid dienone is 1. The van der Waals surface area contributed by atoms with Crippen molar-refractivity contribution in [2.45, 2.75) is 58.6 Å². The number of ether oxygens (including phenoxy) is 1. The number of halogens is 5. The Morgan fingerprint density at radius 1 is 1.12 bits per heavy atom. The van der Waals surface area contributed by atoms with Crippen molar-refractivity contribution in [2.75, 3.05) is 31.2 Å². The van der Waals surface area contributed by atoms with Crippen LogP contribution in [-0.2, 0) is 4.74 Å². The second-order valence-electron chi connectivity index (χ2n) is 7.85. The third-order valence-corrected chi connectivity index (χ3v) is 6.57. The lowest BCUT2D eigenvalue weighted by molar-refractivity contribution is -0.136.